The highest BCUT2D eigenvalue weighted by molar-refractivity contribution is 5.77. The van der Waals surface area contributed by atoms with E-state index in [2.05, 4.69) is 40.6 Å². The molecule has 6 N–H and O–H groups in total. The van der Waals surface area contributed by atoms with Crippen LogP contribution >= 0.6 is 0 Å². The van der Waals surface area contributed by atoms with Crippen molar-refractivity contribution in [1.29, 1.82) is 0 Å². The van der Waals surface area contributed by atoms with Crippen molar-refractivity contribution in [2.75, 3.05) is 26.2 Å². The van der Waals surface area contributed by atoms with E-state index in [4.69, 9.17) is 10.2 Å². The van der Waals surface area contributed by atoms with Gasteiger partial charge in [0.1, 0.15) is 0 Å². The normalized spacial score (nSPS) is 10.0. The van der Waals surface area contributed by atoms with E-state index in [1.165, 1.54) is 11.1 Å². The maximum Gasteiger partial charge on any atom is 0.317 e. The molecule has 28 heavy (non-hydrogen) atoms. The van der Waals surface area contributed by atoms with Gasteiger partial charge in [0.05, 0.1) is 19.6 Å². The highest BCUT2D eigenvalue weighted by Gasteiger charge is 2.13. The lowest BCUT2D eigenvalue weighted by molar-refractivity contribution is -0.137. The van der Waals surface area contributed by atoms with Crippen LogP contribution in [0.2, 0.25) is 0 Å². The molecule has 0 saturated heterocycles. The lowest BCUT2D eigenvalue weighted by Gasteiger charge is -2.18. The third-order valence-electron chi connectivity index (χ3n) is 3.60. The number of hydrogen-bond donors (Lipinski definition) is 5. The molecule has 8 nitrogen and oxygen atoms in total. The van der Waals surface area contributed by atoms with Gasteiger partial charge in [0, 0.05) is 12.5 Å². The molecule has 8 heteroatoms. The molecule has 0 heterocycles. The van der Waals surface area contributed by atoms with Gasteiger partial charge in [0.2, 0.25) is 5.91 Å². The van der Waals surface area contributed by atoms with Gasteiger partial charge >= 0.3 is 11.9 Å². The molecule has 0 aliphatic carbocycles. The highest BCUT2D eigenvalue weighted by Crippen LogP contribution is 2.23. The molecule has 150 valence electrons. The van der Waals surface area contributed by atoms with Crippen molar-refractivity contribution in [3.63, 3.8) is 0 Å². The molecule has 0 atom stereocenters. The molecule has 2 rings (SSSR count). The predicted molar refractivity (Wildman–Crippen MR) is 105 cm³/mol. The average Bonchev–Trinajstić information content (AvgIpc) is 2.66. The van der Waals surface area contributed by atoms with Crippen LogP contribution in [0, 0.1) is 0 Å². The summed E-state index contributed by atoms with van der Waals surface area (Å²) in [7, 11) is 0. The van der Waals surface area contributed by atoms with Gasteiger partial charge in [-0.15, -0.1) is 0 Å². The van der Waals surface area contributed by atoms with E-state index in [-0.39, 0.29) is 25.6 Å². The van der Waals surface area contributed by atoms with E-state index in [0.29, 0.717) is 6.54 Å². The van der Waals surface area contributed by atoms with Gasteiger partial charge in [-0.1, -0.05) is 60.7 Å². The second kappa shape index (κ2) is 13.0. The number of hydrogen-bond acceptors (Lipinski definition) is 5. The van der Waals surface area contributed by atoms with Gasteiger partial charge < -0.3 is 21.3 Å². The number of nitrogens with two attached hydrogens (primary N) is 1. The van der Waals surface area contributed by atoms with Crippen LogP contribution in [0.3, 0.4) is 0 Å². The van der Waals surface area contributed by atoms with Crippen LogP contribution < -0.4 is 16.4 Å². The van der Waals surface area contributed by atoms with E-state index < -0.39 is 17.8 Å². The van der Waals surface area contributed by atoms with Gasteiger partial charge in [-0.3, -0.25) is 19.7 Å². The zero-order valence-electron chi connectivity index (χ0n) is 15.4. The van der Waals surface area contributed by atoms with Gasteiger partial charge in [-0.2, -0.15) is 0 Å². The lowest BCUT2D eigenvalue weighted by atomic mass is 9.91. The summed E-state index contributed by atoms with van der Waals surface area (Å²) in [6.45, 7) is 0.270. The first-order valence-electron chi connectivity index (χ1n) is 8.63. The third kappa shape index (κ3) is 10.0. The van der Waals surface area contributed by atoms with Crippen LogP contribution in [0.15, 0.2) is 60.7 Å². The van der Waals surface area contributed by atoms with Gasteiger partial charge in [0.15, 0.2) is 0 Å². The SMILES string of the molecule is NC(=O)CNCC(=O)O.O=C(O)CNCC(c1ccccc1)c1ccccc1. The molecule has 0 radical (unpaired) electrons. The Bertz CT molecular complexity index is 685. The number of carboxylic acids is 2. The molecule has 0 aliphatic heterocycles. The summed E-state index contributed by atoms with van der Waals surface area (Å²) in [6.07, 6.45) is 0. The number of carboxylic acid groups (broad SMARTS) is 2. The minimum Gasteiger partial charge on any atom is -0.480 e. The second-order valence-electron chi connectivity index (χ2n) is 5.86. The Morgan fingerprint density at radius 1 is 0.750 bits per heavy atom. The summed E-state index contributed by atoms with van der Waals surface area (Å²) in [5.41, 5.74) is 7.06. The predicted octanol–water partition coefficient (Wildman–Crippen LogP) is 0.639. The maximum absolute atomic E-state index is 10.6. The van der Waals surface area contributed by atoms with Crippen LogP contribution in [0.1, 0.15) is 17.0 Å². The Hall–Kier alpha value is -3.23. The summed E-state index contributed by atoms with van der Waals surface area (Å²) in [5, 5.41) is 22.0. The molecule has 0 fully saturated rings. The van der Waals surface area contributed by atoms with Crippen molar-refractivity contribution in [1.82, 2.24) is 10.6 Å². The van der Waals surface area contributed by atoms with Crippen LogP contribution in [-0.4, -0.2) is 54.2 Å². The number of benzene rings is 2. The van der Waals surface area contributed by atoms with Gasteiger partial charge in [0.25, 0.3) is 0 Å². The Kier molecular flexibility index (Phi) is 10.6. The smallest absolute Gasteiger partial charge is 0.317 e. The van der Waals surface area contributed by atoms with E-state index in [9.17, 15) is 14.4 Å². The Balaban J connectivity index is 0.000000370. The molecule has 0 saturated carbocycles. The molecule has 0 aliphatic rings. The zero-order chi connectivity index (χ0) is 20.8. The Labute approximate surface area is 163 Å². The first-order valence-corrected chi connectivity index (χ1v) is 8.63. The number of rotatable bonds is 10. The summed E-state index contributed by atoms with van der Waals surface area (Å²) in [5.74, 6) is -2.23. The monoisotopic (exact) mass is 387 g/mol. The number of carbonyl (C=O) groups excluding carboxylic acids is 1. The quantitative estimate of drug-likeness (QED) is 0.403. The summed E-state index contributed by atoms with van der Waals surface area (Å²) >= 11 is 0. The molecule has 1 amide bonds. The summed E-state index contributed by atoms with van der Waals surface area (Å²) in [6, 6.07) is 20.3. The number of carbonyl (C=O) groups is 3. The topological polar surface area (TPSA) is 142 Å². The van der Waals surface area contributed by atoms with Crippen molar-refractivity contribution in [3.8, 4) is 0 Å². The van der Waals surface area contributed by atoms with Gasteiger partial charge in [-0.05, 0) is 11.1 Å². The van der Waals surface area contributed by atoms with Crippen LogP contribution in [0.25, 0.3) is 0 Å². The van der Waals surface area contributed by atoms with E-state index >= 15 is 0 Å². The van der Waals surface area contributed by atoms with Crippen molar-refractivity contribution >= 4 is 17.8 Å². The van der Waals surface area contributed by atoms with Crippen molar-refractivity contribution in [2.45, 2.75) is 5.92 Å². The first kappa shape index (κ1) is 22.8. The molecule has 0 bridgehead atoms. The highest BCUT2D eigenvalue weighted by atomic mass is 16.4. The maximum atomic E-state index is 10.6. The first-order chi connectivity index (χ1) is 13.4. The van der Waals surface area contributed by atoms with Crippen molar-refractivity contribution in [2.24, 2.45) is 5.73 Å². The lowest BCUT2D eigenvalue weighted by Crippen LogP contribution is -2.32. The minimum absolute atomic E-state index is 0.0177. The minimum atomic E-state index is -1.00. The Morgan fingerprint density at radius 3 is 1.57 bits per heavy atom. The molecule has 2 aromatic carbocycles. The van der Waals surface area contributed by atoms with Crippen molar-refractivity contribution in [3.05, 3.63) is 71.8 Å². The molecule has 0 spiro atoms. The molecular formula is C20H25N3O5. The molecule has 2 aromatic rings. The summed E-state index contributed by atoms with van der Waals surface area (Å²) < 4.78 is 0. The number of amides is 1. The van der Waals surface area contributed by atoms with Gasteiger partial charge in [-0.25, -0.2) is 0 Å². The van der Waals surface area contributed by atoms with Crippen molar-refractivity contribution < 1.29 is 24.6 Å². The molecule has 0 unspecified atom stereocenters. The standard InChI is InChI=1S/C16H17NO2.C4H8N2O3/c18-16(19)12-17-11-15(13-7-3-1-4-8-13)14-9-5-2-6-10-14;5-3(7)1-6-2-4(8)9/h1-10,15,17H,11-12H2,(H,18,19);6H,1-2H2,(H2,5,7)(H,8,9). The number of primary amides is 1. The van der Waals surface area contributed by atoms with Crippen LogP contribution in [0.5, 0.6) is 0 Å². The van der Waals surface area contributed by atoms with E-state index in [1.807, 2.05) is 36.4 Å². The summed E-state index contributed by atoms with van der Waals surface area (Å²) in [4.78, 5) is 30.3. The van der Waals surface area contributed by atoms with Crippen LogP contribution in [0.4, 0.5) is 0 Å². The van der Waals surface area contributed by atoms with E-state index in [0.717, 1.165) is 0 Å². The number of aliphatic carboxylic acids is 2. The fraction of sp³-hybridized carbons (Fsp3) is 0.250. The molecule has 0 aromatic heterocycles. The fourth-order valence-electron chi connectivity index (χ4n) is 2.41. The third-order valence-corrected chi connectivity index (χ3v) is 3.60. The average molecular weight is 387 g/mol. The van der Waals surface area contributed by atoms with E-state index in [1.54, 1.807) is 0 Å². The Morgan fingerprint density at radius 2 is 1.18 bits per heavy atom. The van der Waals surface area contributed by atoms with Crippen LogP contribution in [-0.2, 0) is 14.4 Å². The molecular weight excluding hydrogens is 362 g/mol. The second-order valence-corrected chi connectivity index (χ2v) is 5.86. The zero-order valence-corrected chi connectivity index (χ0v) is 15.4. The fourth-order valence-corrected chi connectivity index (χ4v) is 2.41. The number of nitrogens with one attached hydrogen (secondary N) is 2. The largest absolute Gasteiger partial charge is 0.480 e.